The van der Waals surface area contributed by atoms with Crippen molar-refractivity contribution in [2.45, 2.75) is 6.54 Å². The number of urea groups is 1. The topological polar surface area (TPSA) is 57.7 Å². The highest BCUT2D eigenvalue weighted by Crippen LogP contribution is 2.28. The van der Waals surface area contributed by atoms with Gasteiger partial charge in [-0.25, -0.2) is 4.79 Å². The molecule has 5 nitrogen and oxygen atoms in total. The van der Waals surface area contributed by atoms with Gasteiger partial charge in [0.2, 0.25) is 0 Å². The number of thiophene rings is 1. The molecule has 0 aliphatic carbocycles. The number of nitrogens with zero attached hydrogens (tertiary/aromatic N) is 2. The Kier molecular flexibility index (Phi) is 3.31. The van der Waals surface area contributed by atoms with Crippen molar-refractivity contribution in [3.63, 3.8) is 0 Å². The number of carbonyl (C=O) groups is 3. The summed E-state index contributed by atoms with van der Waals surface area (Å²) in [6.45, 7) is 3.64. The summed E-state index contributed by atoms with van der Waals surface area (Å²) in [4.78, 5) is 37.8. The van der Waals surface area contributed by atoms with Crippen molar-refractivity contribution < 1.29 is 14.4 Å². The van der Waals surface area contributed by atoms with Gasteiger partial charge in [0.15, 0.2) is 0 Å². The zero-order valence-electron chi connectivity index (χ0n) is 11.1. The second-order valence-electron chi connectivity index (χ2n) is 4.64. The predicted molar refractivity (Wildman–Crippen MR) is 79.7 cm³/mol. The van der Waals surface area contributed by atoms with Crippen LogP contribution in [0.1, 0.15) is 5.56 Å². The third-order valence-electron chi connectivity index (χ3n) is 3.34. The summed E-state index contributed by atoms with van der Waals surface area (Å²) in [7, 11) is 0. The van der Waals surface area contributed by atoms with Crippen LogP contribution in [0.15, 0.2) is 42.3 Å². The molecule has 0 saturated carbocycles. The highest BCUT2D eigenvalue weighted by Gasteiger charge is 2.43. The molecule has 0 radical (unpaired) electrons. The minimum atomic E-state index is -0.792. The van der Waals surface area contributed by atoms with Crippen molar-refractivity contribution in [1.29, 1.82) is 0 Å². The summed E-state index contributed by atoms with van der Waals surface area (Å²) >= 11 is 1.55. The van der Waals surface area contributed by atoms with Gasteiger partial charge in [-0.1, -0.05) is 24.3 Å². The molecule has 2 aromatic rings. The summed E-state index contributed by atoms with van der Waals surface area (Å²) < 4.78 is 1.08. The number of fused-ring (bicyclic) bond motifs is 1. The Bertz CT molecular complexity index is 765. The van der Waals surface area contributed by atoms with E-state index in [4.69, 9.17) is 0 Å². The number of amides is 4. The van der Waals surface area contributed by atoms with Crippen LogP contribution >= 0.6 is 11.3 Å². The molecule has 1 fully saturated rings. The van der Waals surface area contributed by atoms with Gasteiger partial charge in [0, 0.05) is 11.2 Å². The molecule has 0 atom stereocenters. The molecule has 1 aromatic heterocycles. The second-order valence-corrected chi connectivity index (χ2v) is 5.55. The number of hydrogen-bond acceptors (Lipinski definition) is 4. The first-order valence-corrected chi connectivity index (χ1v) is 7.24. The van der Waals surface area contributed by atoms with Crippen molar-refractivity contribution in [1.82, 2.24) is 9.80 Å². The van der Waals surface area contributed by atoms with Crippen LogP contribution in [0.2, 0.25) is 0 Å². The van der Waals surface area contributed by atoms with Crippen LogP contribution < -0.4 is 0 Å². The summed E-state index contributed by atoms with van der Waals surface area (Å²) in [6, 6.07) is 7.17. The zero-order valence-corrected chi connectivity index (χ0v) is 11.9. The van der Waals surface area contributed by atoms with Crippen molar-refractivity contribution in [2.24, 2.45) is 0 Å². The molecule has 1 aromatic carbocycles. The maximum absolute atomic E-state index is 12.1. The Labute approximate surface area is 125 Å². The quantitative estimate of drug-likeness (QED) is 0.495. The normalized spacial score (nSPS) is 15.3. The Hall–Kier alpha value is -2.47. The lowest BCUT2D eigenvalue weighted by Crippen LogP contribution is -2.33. The van der Waals surface area contributed by atoms with E-state index >= 15 is 0 Å². The third kappa shape index (κ3) is 2.13. The smallest absolute Gasteiger partial charge is 0.263 e. The highest BCUT2D eigenvalue weighted by atomic mass is 32.1. The minimum absolute atomic E-state index is 0.0459. The molecule has 21 heavy (non-hydrogen) atoms. The number of imide groups is 2. The van der Waals surface area contributed by atoms with E-state index < -0.39 is 17.8 Å². The highest BCUT2D eigenvalue weighted by molar-refractivity contribution is 7.17. The van der Waals surface area contributed by atoms with Crippen LogP contribution in [0.4, 0.5) is 4.79 Å². The van der Waals surface area contributed by atoms with E-state index in [0.29, 0.717) is 0 Å². The van der Waals surface area contributed by atoms with Crippen LogP contribution in [0.3, 0.4) is 0 Å². The number of hydrogen-bond donors (Lipinski definition) is 0. The van der Waals surface area contributed by atoms with Gasteiger partial charge in [0.05, 0.1) is 6.54 Å². The zero-order chi connectivity index (χ0) is 15.0. The average Bonchev–Trinajstić information content (AvgIpc) is 2.98. The average molecular weight is 300 g/mol. The Morgan fingerprint density at radius 2 is 1.81 bits per heavy atom. The van der Waals surface area contributed by atoms with Crippen LogP contribution in [0, 0.1) is 0 Å². The standard InChI is InChI=1S/C15H12N2O3S/c1-2-7-16-13(18)14(19)17(15(16)20)8-10-9-21-12-6-4-3-5-11(10)12/h2-6,9H,1,7-8H2. The van der Waals surface area contributed by atoms with Gasteiger partial charge in [-0.15, -0.1) is 17.9 Å². The molecule has 106 valence electrons. The van der Waals surface area contributed by atoms with Gasteiger partial charge >= 0.3 is 17.8 Å². The fourth-order valence-corrected chi connectivity index (χ4v) is 3.26. The van der Waals surface area contributed by atoms with E-state index in [2.05, 4.69) is 6.58 Å². The first kappa shape index (κ1) is 13.5. The van der Waals surface area contributed by atoms with Gasteiger partial charge in [0.1, 0.15) is 0 Å². The second kappa shape index (κ2) is 5.14. The molecule has 1 aliphatic heterocycles. The molecule has 2 heterocycles. The lowest BCUT2D eigenvalue weighted by Gasteiger charge is -2.13. The van der Waals surface area contributed by atoms with Crippen molar-refractivity contribution in [2.75, 3.05) is 6.54 Å². The van der Waals surface area contributed by atoms with Crippen molar-refractivity contribution >= 4 is 39.3 Å². The Morgan fingerprint density at radius 1 is 1.10 bits per heavy atom. The monoisotopic (exact) mass is 300 g/mol. The van der Waals surface area contributed by atoms with Crippen molar-refractivity contribution in [3.8, 4) is 0 Å². The van der Waals surface area contributed by atoms with E-state index in [0.717, 1.165) is 25.4 Å². The van der Waals surface area contributed by atoms with Gasteiger partial charge in [-0.3, -0.25) is 19.4 Å². The van der Waals surface area contributed by atoms with Gasteiger partial charge in [-0.2, -0.15) is 0 Å². The SMILES string of the molecule is C=CCN1C(=O)C(=O)N(Cc2csc3ccccc23)C1=O. The van der Waals surface area contributed by atoms with E-state index in [9.17, 15) is 14.4 Å². The maximum atomic E-state index is 12.1. The Morgan fingerprint density at radius 3 is 2.57 bits per heavy atom. The number of benzene rings is 1. The molecular formula is C15H12N2O3S. The third-order valence-corrected chi connectivity index (χ3v) is 4.35. The fraction of sp³-hybridized carbons (Fsp3) is 0.133. The van der Waals surface area contributed by atoms with E-state index in [1.165, 1.54) is 6.08 Å². The molecule has 1 aliphatic rings. The van der Waals surface area contributed by atoms with Crippen LogP contribution in [-0.4, -0.2) is 34.2 Å². The predicted octanol–water partition coefficient (Wildman–Crippen LogP) is 2.38. The largest absolute Gasteiger partial charge is 0.334 e. The summed E-state index contributed by atoms with van der Waals surface area (Å²) in [5, 5.41) is 2.91. The molecule has 0 N–H and O–H groups in total. The molecule has 4 amide bonds. The van der Waals surface area contributed by atoms with Gasteiger partial charge in [0.25, 0.3) is 0 Å². The summed E-state index contributed by atoms with van der Waals surface area (Å²) in [6.07, 6.45) is 1.42. The molecule has 1 saturated heterocycles. The first-order chi connectivity index (χ1) is 10.1. The first-order valence-electron chi connectivity index (χ1n) is 6.37. The van der Waals surface area contributed by atoms with Crippen LogP contribution in [0.5, 0.6) is 0 Å². The lowest BCUT2D eigenvalue weighted by molar-refractivity contribution is -0.143. The molecule has 0 unspecified atom stereocenters. The maximum Gasteiger partial charge on any atom is 0.334 e. The van der Waals surface area contributed by atoms with Crippen LogP contribution in [0.25, 0.3) is 10.1 Å². The van der Waals surface area contributed by atoms with E-state index in [1.54, 1.807) is 11.3 Å². The lowest BCUT2D eigenvalue weighted by atomic mass is 10.2. The fourth-order valence-electron chi connectivity index (χ4n) is 2.31. The summed E-state index contributed by atoms with van der Waals surface area (Å²) in [5.41, 5.74) is 0.866. The van der Waals surface area contributed by atoms with E-state index in [1.807, 2.05) is 29.6 Å². The number of carbonyl (C=O) groups excluding carboxylic acids is 3. The number of rotatable bonds is 4. The summed E-state index contributed by atoms with van der Waals surface area (Å²) in [5.74, 6) is -1.57. The molecule has 6 heteroatoms. The van der Waals surface area contributed by atoms with Crippen molar-refractivity contribution in [3.05, 3.63) is 47.9 Å². The van der Waals surface area contributed by atoms with Crippen LogP contribution in [-0.2, 0) is 16.1 Å². The molecule has 3 rings (SSSR count). The van der Waals surface area contributed by atoms with Gasteiger partial charge in [-0.05, 0) is 22.4 Å². The Balaban J connectivity index is 1.91. The molecular weight excluding hydrogens is 288 g/mol. The van der Waals surface area contributed by atoms with E-state index in [-0.39, 0.29) is 13.1 Å². The molecule has 0 spiro atoms. The van der Waals surface area contributed by atoms with Gasteiger partial charge < -0.3 is 0 Å². The molecule has 0 bridgehead atoms. The minimum Gasteiger partial charge on any atom is -0.263 e.